The van der Waals surface area contributed by atoms with Gasteiger partial charge >= 0.3 is 5.97 Å². The monoisotopic (exact) mass is 374 g/mol. The van der Waals surface area contributed by atoms with Gasteiger partial charge in [0.05, 0.1) is 6.26 Å². The Bertz CT molecular complexity index is 861. The molecule has 0 aliphatic carbocycles. The first-order valence-corrected chi connectivity index (χ1v) is 9.41. The predicted molar refractivity (Wildman–Crippen MR) is 95.7 cm³/mol. The second-order valence-electron chi connectivity index (χ2n) is 5.62. The van der Waals surface area contributed by atoms with Gasteiger partial charge in [-0.3, -0.25) is 9.69 Å². The van der Waals surface area contributed by atoms with Crippen LogP contribution in [0.15, 0.2) is 62.6 Å². The highest BCUT2D eigenvalue weighted by Crippen LogP contribution is 2.44. The molecule has 3 N–H and O–H groups in total. The molecule has 4 rings (SSSR count). The first-order chi connectivity index (χ1) is 12.1. The summed E-state index contributed by atoms with van der Waals surface area (Å²) in [6.07, 6.45) is 1.62. The molecule has 1 saturated heterocycles. The van der Waals surface area contributed by atoms with Crippen LogP contribution in [-0.2, 0) is 9.59 Å². The standard InChI is InChI=1S/C17H14N2O4S2/c18-13-15(20)19-14(17(21)22)12(8-24-16(13)19)25-10-5-3-9(4-6-10)11-2-1-7-23-11/h1-7,13,16H,8,18H2,(H,21,22)/t13-,16-/m1/s1. The third-order valence-electron chi connectivity index (χ3n) is 4.08. The number of carbonyl (C=O) groups is 2. The second-order valence-corrected chi connectivity index (χ2v) is 7.89. The van der Waals surface area contributed by atoms with E-state index in [-0.39, 0.29) is 17.0 Å². The summed E-state index contributed by atoms with van der Waals surface area (Å²) in [5.41, 5.74) is 6.76. The number of nitrogens with zero attached hydrogens (tertiary/aromatic N) is 1. The van der Waals surface area contributed by atoms with Crippen LogP contribution < -0.4 is 5.73 Å². The van der Waals surface area contributed by atoms with E-state index in [9.17, 15) is 14.7 Å². The molecule has 6 nitrogen and oxygen atoms in total. The van der Waals surface area contributed by atoms with Crippen molar-refractivity contribution in [2.45, 2.75) is 16.3 Å². The number of hydrogen-bond donors (Lipinski definition) is 2. The number of benzene rings is 1. The van der Waals surface area contributed by atoms with Crippen molar-refractivity contribution in [3.8, 4) is 11.3 Å². The van der Waals surface area contributed by atoms with E-state index in [0.29, 0.717) is 10.7 Å². The minimum Gasteiger partial charge on any atom is -0.477 e. The van der Waals surface area contributed by atoms with Gasteiger partial charge in [0.15, 0.2) is 0 Å². The maximum atomic E-state index is 12.0. The summed E-state index contributed by atoms with van der Waals surface area (Å²) >= 11 is 2.86. The van der Waals surface area contributed by atoms with E-state index in [1.807, 2.05) is 36.4 Å². The molecular formula is C17H14N2O4S2. The molecule has 0 saturated carbocycles. The van der Waals surface area contributed by atoms with Gasteiger partial charge in [-0.2, -0.15) is 0 Å². The highest BCUT2D eigenvalue weighted by atomic mass is 32.2. The molecule has 2 aliphatic rings. The second kappa shape index (κ2) is 6.29. The summed E-state index contributed by atoms with van der Waals surface area (Å²) in [7, 11) is 0. The number of thioether (sulfide) groups is 2. The Morgan fingerprint density at radius 2 is 2.08 bits per heavy atom. The van der Waals surface area contributed by atoms with Crippen LogP contribution >= 0.6 is 23.5 Å². The summed E-state index contributed by atoms with van der Waals surface area (Å²) < 4.78 is 5.36. The number of aliphatic carboxylic acids is 1. The minimum absolute atomic E-state index is 0.0514. The van der Waals surface area contributed by atoms with Crippen molar-refractivity contribution in [2.24, 2.45) is 5.73 Å². The van der Waals surface area contributed by atoms with E-state index in [2.05, 4.69) is 0 Å². The van der Waals surface area contributed by atoms with Crippen LogP contribution in [0.25, 0.3) is 11.3 Å². The molecule has 0 radical (unpaired) electrons. The zero-order chi connectivity index (χ0) is 17.6. The normalized spacial score (nSPS) is 22.6. The van der Waals surface area contributed by atoms with Crippen LogP contribution in [0.4, 0.5) is 0 Å². The number of carboxylic acid groups (broad SMARTS) is 1. The van der Waals surface area contributed by atoms with E-state index < -0.39 is 12.0 Å². The molecule has 2 aromatic rings. The van der Waals surface area contributed by atoms with E-state index in [1.54, 1.807) is 6.26 Å². The molecule has 0 bridgehead atoms. The molecule has 128 valence electrons. The van der Waals surface area contributed by atoms with Gasteiger partial charge in [0, 0.05) is 21.1 Å². The maximum absolute atomic E-state index is 12.0. The van der Waals surface area contributed by atoms with Crippen LogP contribution in [0.1, 0.15) is 0 Å². The van der Waals surface area contributed by atoms with Crippen molar-refractivity contribution in [3.63, 3.8) is 0 Å². The summed E-state index contributed by atoms with van der Waals surface area (Å²) in [6, 6.07) is 10.8. The lowest BCUT2D eigenvalue weighted by Crippen LogP contribution is -2.68. The maximum Gasteiger partial charge on any atom is 0.353 e. The fourth-order valence-corrected chi connectivity index (χ4v) is 5.26. The van der Waals surface area contributed by atoms with Gasteiger partial charge in [-0.05, 0) is 24.3 Å². The van der Waals surface area contributed by atoms with Crippen LogP contribution in [-0.4, -0.2) is 39.1 Å². The Morgan fingerprint density at radius 3 is 2.72 bits per heavy atom. The Labute approximate surface area is 152 Å². The number of carbonyl (C=O) groups excluding carboxylic acids is 1. The van der Waals surface area contributed by atoms with E-state index in [0.717, 1.165) is 16.2 Å². The number of carboxylic acids is 1. The van der Waals surface area contributed by atoms with Gasteiger partial charge in [-0.1, -0.05) is 23.9 Å². The minimum atomic E-state index is -1.10. The predicted octanol–water partition coefficient (Wildman–Crippen LogP) is 2.58. The van der Waals surface area contributed by atoms with Crippen LogP contribution in [0.2, 0.25) is 0 Å². The zero-order valence-electron chi connectivity index (χ0n) is 12.9. The average molecular weight is 374 g/mol. The summed E-state index contributed by atoms with van der Waals surface area (Å²) in [4.78, 5) is 26.5. The first-order valence-electron chi connectivity index (χ1n) is 7.55. The zero-order valence-corrected chi connectivity index (χ0v) is 14.5. The van der Waals surface area contributed by atoms with Crippen LogP contribution in [0.3, 0.4) is 0 Å². The number of nitrogens with two attached hydrogens (primary N) is 1. The van der Waals surface area contributed by atoms with Gasteiger partial charge in [0.1, 0.15) is 22.9 Å². The third kappa shape index (κ3) is 2.76. The topological polar surface area (TPSA) is 96.8 Å². The molecule has 1 amide bonds. The van der Waals surface area contributed by atoms with Crippen molar-refractivity contribution < 1.29 is 19.1 Å². The number of fused-ring (bicyclic) bond motifs is 1. The van der Waals surface area contributed by atoms with Crippen LogP contribution in [0.5, 0.6) is 0 Å². The lowest BCUT2D eigenvalue weighted by molar-refractivity contribution is -0.147. The highest BCUT2D eigenvalue weighted by molar-refractivity contribution is 8.06. The molecule has 2 aliphatic heterocycles. The molecule has 2 atom stereocenters. The van der Waals surface area contributed by atoms with Gasteiger partial charge in [-0.15, -0.1) is 11.8 Å². The quantitative estimate of drug-likeness (QED) is 0.794. The van der Waals surface area contributed by atoms with Gasteiger partial charge in [0.2, 0.25) is 5.91 Å². The lowest BCUT2D eigenvalue weighted by atomic mass is 10.1. The molecule has 3 heterocycles. The third-order valence-corrected chi connectivity index (χ3v) is 6.65. The van der Waals surface area contributed by atoms with Gasteiger partial charge in [-0.25, -0.2) is 4.79 Å². The number of rotatable bonds is 4. The average Bonchev–Trinajstić information content (AvgIpc) is 3.15. The molecule has 0 unspecified atom stereocenters. The van der Waals surface area contributed by atoms with Crippen molar-refractivity contribution in [3.05, 3.63) is 53.3 Å². The molecule has 25 heavy (non-hydrogen) atoms. The number of hydrogen-bond acceptors (Lipinski definition) is 6. The van der Waals surface area contributed by atoms with Crippen LogP contribution in [0, 0.1) is 0 Å². The smallest absolute Gasteiger partial charge is 0.353 e. The molecule has 1 fully saturated rings. The number of β-lactam (4-membered cyclic amide) rings is 1. The number of furan rings is 1. The molecule has 1 aromatic heterocycles. The SMILES string of the molecule is N[C@@H]1C(=O)N2C(C(=O)O)=C(Sc3ccc(-c4ccco4)cc3)CS[C@H]12. The van der Waals surface area contributed by atoms with Crippen molar-refractivity contribution in [2.75, 3.05) is 5.75 Å². The van der Waals surface area contributed by atoms with Crippen molar-refractivity contribution in [1.29, 1.82) is 0 Å². The largest absolute Gasteiger partial charge is 0.477 e. The molecule has 0 spiro atoms. The first kappa shape index (κ1) is 16.3. The van der Waals surface area contributed by atoms with Gasteiger partial charge in [0.25, 0.3) is 0 Å². The van der Waals surface area contributed by atoms with E-state index in [4.69, 9.17) is 10.2 Å². The lowest BCUT2D eigenvalue weighted by Gasteiger charge is -2.47. The van der Waals surface area contributed by atoms with Crippen molar-refractivity contribution in [1.82, 2.24) is 4.90 Å². The van der Waals surface area contributed by atoms with E-state index >= 15 is 0 Å². The molecular weight excluding hydrogens is 360 g/mol. The fourth-order valence-electron chi connectivity index (χ4n) is 2.84. The molecule has 8 heteroatoms. The summed E-state index contributed by atoms with van der Waals surface area (Å²) in [5.74, 6) is -0.131. The van der Waals surface area contributed by atoms with Gasteiger partial charge < -0.3 is 15.3 Å². The summed E-state index contributed by atoms with van der Waals surface area (Å²) in [5, 5.41) is 9.28. The fraction of sp³-hybridized carbons (Fsp3) is 0.176. The Hall–Kier alpha value is -2.16. The highest BCUT2D eigenvalue weighted by Gasteiger charge is 2.51. The Morgan fingerprint density at radius 1 is 1.32 bits per heavy atom. The van der Waals surface area contributed by atoms with Crippen molar-refractivity contribution >= 4 is 35.4 Å². The Balaban J connectivity index is 1.60. The summed E-state index contributed by atoms with van der Waals surface area (Å²) in [6.45, 7) is 0. The number of amides is 1. The molecule has 1 aromatic carbocycles. The Kier molecular flexibility index (Phi) is 4.10. The van der Waals surface area contributed by atoms with E-state index in [1.165, 1.54) is 28.4 Å².